The Morgan fingerprint density at radius 3 is 2.88 bits per heavy atom. The molecule has 3 aromatic heterocycles. The van der Waals surface area contributed by atoms with E-state index in [1.807, 2.05) is 48.7 Å². The minimum Gasteiger partial charge on any atom is -0.364 e. The van der Waals surface area contributed by atoms with Crippen LogP contribution in [0.15, 0.2) is 67.1 Å². The zero-order valence-electron chi connectivity index (χ0n) is 12.9. The van der Waals surface area contributed by atoms with Gasteiger partial charge in [0.1, 0.15) is 5.82 Å². The number of nitrogens with one attached hydrogen (secondary N) is 3. The maximum Gasteiger partial charge on any atom is 0.229 e. The van der Waals surface area contributed by atoms with Crippen LogP contribution < -0.4 is 10.6 Å². The SMILES string of the molecule is c1ccc(CNc2ccnc(Nc3ccc4cc[nH]c4c3)n2)nc1. The predicted octanol–water partition coefficient (Wildman–Crippen LogP) is 3.71. The third kappa shape index (κ3) is 3.17. The molecule has 0 saturated carbocycles. The van der Waals surface area contributed by atoms with Crippen molar-refractivity contribution < 1.29 is 0 Å². The summed E-state index contributed by atoms with van der Waals surface area (Å²) < 4.78 is 0. The fourth-order valence-corrected chi connectivity index (χ4v) is 2.46. The van der Waals surface area contributed by atoms with Crippen LogP contribution >= 0.6 is 0 Å². The highest BCUT2D eigenvalue weighted by Crippen LogP contribution is 2.20. The summed E-state index contributed by atoms with van der Waals surface area (Å²) in [5, 5.41) is 7.65. The van der Waals surface area contributed by atoms with Crippen LogP contribution in [0.25, 0.3) is 10.9 Å². The summed E-state index contributed by atoms with van der Waals surface area (Å²) in [6, 6.07) is 15.8. The number of hydrogen-bond acceptors (Lipinski definition) is 5. The van der Waals surface area contributed by atoms with Crippen molar-refractivity contribution in [2.45, 2.75) is 6.54 Å². The molecule has 24 heavy (non-hydrogen) atoms. The van der Waals surface area contributed by atoms with E-state index in [1.54, 1.807) is 12.4 Å². The maximum absolute atomic E-state index is 4.48. The topological polar surface area (TPSA) is 78.5 Å². The molecular weight excluding hydrogens is 300 g/mol. The molecule has 0 fully saturated rings. The molecule has 6 heteroatoms. The second kappa shape index (κ2) is 6.37. The second-order valence-corrected chi connectivity index (χ2v) is 5.34. The molecule has 0 aliphatic rings. The van der Waals surface area contributed by atoms with Gasteiger partial charge in [-0.1, -0.05) is 12.1 Å². The van der Waals surface area contributed by atoms with Crippen LogP contribution in [-0.4, -0.2) is 19.9 Å². The summed E-state index contributed by atoms with van der Waals surface area (Å²) in [5.41, 5.74) is 2.97. The van der Waals surface area contributed by atoms with Gasteiger partial charge in [0.15, 0.2) is 0 Å². The minimum absolute atomic E-state index is 0.548. The highest BCUT2D eigenvalue weighted by molar-refractivity contribution is 5.83. The van der Waals surface area contributed by atoms with Gasteiger partial charge in [-0.25, -0.2) is 4.98 Å². The Balaban J connectivity index is 1.47. The molecule has 0 spiro atoms. The van der Waals surface area contributed by atoms with E-state index >= 15 is 0 Å². The number of anilines is 3. The number of nitrogens with zero attached hydrogens (tertiary/aromatic N) is 3. The third-order valence-electron chi connectivity index (χ3n) is 3.64. The lowest BCUT2D eigenvalue weighted by Crippen LogP contribution is -2.05. The molecule has 1 aromatic carbocycles. The maximum atomic E-state index is 4.48. The average Bonchev–Trinajstić information content (AvgIpc) is 3.09. The average molecular weight is 316 g/mol. The first-order valence-electron chi connectivity index (χ1n) is 7.68. The lowest BCUT2D eigenvalue weighted by atomic mass is 10.2. The molecule has 0 unspecified atom stereocenters. The molecule has 3 heterocycles. The van der Waals surface area contributed by atoms with Crippen molar-refractivity contribution in [1.82, 2.24) is 19.9 Å². The van der Waals surface area contributed by atoms with E-state index in [9.17, 15) is 0 Å². The molecule has 0 aliphatic heterocycles. The smallest absolute Gasteiger partial charge is 0.229 e. The summed E-state index contributed by atoms with van der Waals surface area (Å²) in [6.45, 7) is 0.617. The predicted molar refractivity (Wildman–Crippen MR) is 95.2 cm³/mol. The van der Waals surface area contributed by atoms with Crippen LogP contribution in [-0.2, 0) is 6.54 Å². The Morgan fingerprint density at radius 2 is 1.96 bits per heavy atom. The first-order chi connectivity index (χ1) is 11.9. The normalized spacial score (nSPS) is 10.7. The van der Waals surface area contributed by atoms with Gasteiger partial charge >= 0.3 is 0 Å². The van der Waals surface area contributed by atoms with Crippen molar-refractivity contribution in [3.63, 3.8) is 0 Å². The van der Waals surface area contributed by atoms with Gasteiger partial charge in [0.2, 0.25) is 5.95 Å². The van der Waals surface area contributed by atoms with Gasteiger partial charge in [-0.05, 0) is 41.8 Å². The first kappa shape index (κ1) is 14.2. The van der Waals surface area contributed by atoms with Gasteiger partial charge in [0, 0.05) is 29.8 Å². The van der Waals surface area contributed by atoms with Crippen molar-refractivity contribution in [3.8, 4) is 0 Å². The molecule has 0 bridgehead atoms. The van der Waals surface area contributed by atoms with E-state index in [0.717, 1.165) is 22.7 Å². The van der Waals surface area contributed by atoms with Gasteiger partial charge in [-0.15, -0.1) is 0 Å². The van der Waals surface area contributed by atoms with Gasteiger partial charge < -0.3 is 15.6 Å². The molecule has 6 nitrogen and oxygen atoms in total. The Labute approximate surface area is 139 Å². The van der Waals surface area contributed by atoms with Crippen LogP contribution in [0.5, 0.6) is 0 Å². The van der Waals surface area contributed by atoms with Crippen LogP contribution in [0.3, 0.4) is 0 Å². The number of H-pyrrole nitrogens is 1. The van der Waals surface area contributed by atoms with Crippen molar-refractivity contribution >= 4 is 28.4 Å². The standard InChI is InChI=1S/C18H16N6/c1-2-8-19-15(3-1)12-22-17-7-10-21-18(24-17)23-14-5-4-13-6-9-20-16(13)11-14/h1-11,20H,12H2,(H2,21,22,23,24). The van der Waals surface area contributed by atoms with Crippen molar-refractivity contribution in [1.29, 1.82) is 0 Å². The van der Waals surface area contributed by atoms with Crippen molar-refractivity contribution in [2.75, 3.05) is 10.6 Å². The molecule has 4 aromatic rings. The fourth-order valence-electron chi connectivity index (χ4n) is 2.46. The number of aromatic nitrogens is 4. The van der Waals surface area contributed by atoms with E-state index in [1.165, 1.54) is 5.39 Å². The first-order valence-corrected chi connectivity index (χ1v) is 7.68. The highest BCUT2D eigenvalue weighted by Gasteiger charge is 2.02. The number of fused-ring (bicyclic) bond motifs is 1. The Kier molecular flexibility index (Phi) is 3.77. The van der Waals surface area contributed by atoms with Gasteiger partial charge in [0.05, 0.1) is 12.2 Å². The Morgan fingerprint density at radius 1 is 0.958 bits per heavy atom. The fraction of sp³-hybridized carbons (Fsp3) is 0.0556. The van der Waals surface area contributed by atoms with Crippen LogP contribution in [0.4, 0.5) is 17.5 Å². The number of aromatic amines is 1. The summed E-state index contributed by atoms with van der Waals surface area (Å²) >= 11 is 0. The largest absolute Gasteiger partial charge is 0.364 e. The van der Waals surface area contributed by atoms with E-state index in [-0.39, 0.29) is 0 Å². The number of hydrogen-bond donors (Lipinski definition) is 3. The van der Waals surface area contributed by atoms with Gasteiger partial charge in [-0.2, -0.15) is 4.98 Å². The Bertz CT molecular complexity index is 948. The quantitative estimate of drug-likeness (QED) is 0.523. The lowest BCUT2D eigenvalue weighted by molar-refractivity contribution is 1.02. The minimum atomic E-state index is 0.548. The summed E-state index contributed by atoms with van der Waals surface area (Å²) in [6.07, 6.45) is 5.43. The Hall–Kier alpha value is -3.41. The van der Waals surface area contributed by atoms with Crippen molar-refractivity contribution in [2.24, 2.45) is 0 Å². The van der Waals surface area contributed by atoms with E-state index < -0.39 is 0 Å². The van der Waals surface area contributed by atoms with E-state index in [0.29, 0.717) is 12.5 Å². The second-order valence-electron chi connectivity index (χ2n) is 5.34. The number of benzene rings is 1. The number of rotatable bonds is 5. The molecule has 118 valence electrons. The number of pyridine rings is 1. The van der Waals surface area contributed by atoms with E-state index in [4.69, 9.17) is 0 Å². The molecular formula is C18H16N6. The molecule has 0 atom stereocenters. The monoisotopic (exact) mass is 316 g/mol. The molecule has 0 radical (unpaired) electrons. The molecule has 0 amide bonds. The zero-order valence-corrected chi connectivity index (χ0v) is 12.9. The van der Waals surface area contributed by atoms with Crippen LogP contribution in [0.1, 0.15) is 5.69 Å². The van der Waals surface area contributed by atoms with Gasteiger partial charge in [0.25, 0.3) is 0 Å². The molecule has 3 N–H and O–H groups in total. The third-order valence-corrected chi connectivity index (χ3v) is 3.64. The molecule has 0 saturated heterocycles. The summed E-state index contributed by atoms with van der Waals surface area (Å²) in [5.74, 6) is 1.30. The molecule has 0 aliphatic carbocycles. The van der Waals surface area contributed by atoms with E-state index in [2.05, 4.69) is 36.6 Å². The summed E-state index contributed by atoms with van der Waals surface area (Å²) in [4.78, 5) is 16.2. The zero-order chi connectivity index (χ0) is 16.2. The van der Waals surface area contributed by atoms with Crippen molar-refractivity contribution in [3.05, 3.63) is 72.8 Å². The van der Waals surface area contributed by atoms with Crippen LogP contribution in [0, 0.1) is 0 Å². The van der Waals surface area contributed by atoms with Crippen LogP contribution in [0.2, 0.25) is 0 Å². The lowest BCUT2D eigenvalue weighted by Gasteiger charge is -2.08. The highest BCUT2D eigenvalue weighted by atomic mass is 15.1. The summed E-state index contributed by atoms with van der Waals surface area (Å²) in [7, 11) is 0. The molecule has 4 rings (SSSR count). The van der Waals surface area contributed by atoms with Gasteiger partial charge in [-0.3, -0.25) is 4.98 Å².